The monoisotopic (exact) mass is 376 g/mol. The normalized spacial score (nSPS) is 11.1. The Kier molecular flexibility index (Phi) is 6.26. The number of carbonyl (C=O) groups is 1. The molecule has 140 valence electrons. The molecule has 0 spiro atoms. The van der Waals surface area contributed by atoms with Crippen LogP contribution in [0.15, 0.2) is 42.5 Å². The van der Waals surface area contributed by atoms with Gasteiger partial charge in [-0.2, -0.15) is 0 Å². The Morgan fingerprint density at radius 3 is 2.46 bits per heavy atom. The predicted octanol–water partition coefficient (Wildman–Crippen LogP) is 2.39. The van der Waals surface area contributed by atoms with Crippen molar-refractivity contribution in [2.24, 2.45) is 0 Å². The van der Waals surface area contributed by atoms with E-state index in [-0.39, 0.29) is 19.0 Å². The summed E-state index contributed by atoms with van der Waals surface area (Å²) in [7, 11) is -2.03. The Bertz CT molecular complexity index is 894. The summed E-state index contributed by atoms with van der Waals surface area (Å²) >= 11 is 0. The number of sulfonamides is 1. The first-order valence-corrected chi connectivity index (χ1v) is 10.0. The first-order chi connectivity index (χ1) is 12.2. The second-order valence-corrected chi connectivity index (χ2v) is 8.05. The largest absolute Gasteiger partial charge is 0.496 e. The van der Waals surface area contributed by atoms with E-state index in [1.54, 1.807) is 19.2 Å². The van der Waals surface area contributed by atoms with Gasteiger partial charge in [0.15, 0.2) is 0 Å². The molecule has 0 saturated carbocycles. The van der Waals surface area contributed by atoms with Gasteiger partial charge in [0.05, 0.1) is 19.1 Å². The van der Waals surface area contributed by atoms with Gasteiger partial charge < -0.3 is 10.1 Å². The maximum Gasteiger partial charge on any atom is 0.241 e. The van der Waals surface area contributed by atoms with Crippen molar-refractivity contribution in [1.82, 2.24) is 5.32 Å². The van der Waals surface area contributed by atoms with Crippen LogP contribution < -0.4 is 14.4 Å². The fraction of sp³-hybridized carbons (Fsp3) is 0.316. The van der Waals surface area contributed by atoms with Crippen LogP contribution in [0.25, 0.3) is 0 Å². The number of nitrogens with zero attached hydrogens (tertiary/aromatic N) is 1. The number of carbonyl (C=O) groups excluding carboxylic acids is 1. The third kappa shape index (κ3) is 4.98. The Morgan fingerprint density at radius 2 is 1.85 bits per heavy atom. The molecular formula is C19H24N2O4S. The maximum atomic E-state index is 12.4. The van der Waals surface area contributed by atoms with Crippen LogP contribution >= 0.6 is 0 Å². The first kappa shape index (κ1) is 19.8. The van der Waals surface area contributed by atoms with Gasteiger partial charge in [-0.1, -0.05) is 35.9 Å². The average molecular weight is 376 g/mol. The average Bonchev–Trinajstić information content (AvgIpc) is 2.58. The Labute approximate surface area is 154 Å². The molecule has 2 aromatic carbocycles. The summed E-state index contributed by atoms with van der Waals surface area (Å²) in [5.74, 6) is 0.281. The van der Waals surface area contributed by atoms with Gasteiger partial charge in [0, 0.05) is 12.1 Å². The topological polar surface area (TPSA) is 75.7 Å². The molecule has 1 amide bonds. The molecule has 0 unspecified atom stereocenters. The van der Waals surface area contributed by atoms with Crippen LogP contribution in [0.3, 0.4) is 0 Å². The fourth-order valence-electron chi connectivity index (χ4n) is 2.70. The highest BCUT2D eigenvalue weighted by atomic mass is 32.2. The van der Waals surface area contributed by atoms with E-state index in [0.29, 0.717) is 11.4 Å². The van der Waals surface area contributed by atoms with Crippen molar-refractivity contribution < 1.29 is 17.9 Å². The molecule has 2 aromatic rings. The number of hydrogen-bond donors (Lipinski definition) is 1. The molecule has 0 radical (unpaired) electrons. The smallest absolute Gasteiger partial charge is 0.241 e. The number of aryl methyl sites for hydroxylation is 2. The summed E-state index contributed by atoms with van der Waals surface area (Å²) < 4.78 is 30.8. The van der Waals surface area contributed by atoms with Crippen molar-refractivity contribution in [2.75, 3.05) is 24.2 Å². The molecule has 7 heteroatoms. The molecule has 1 N–H and O–H groups in total. The minimum atomic E-state index is -3.60. The van der Waals surface area contributed by atoms with Crippen molar-refractivity contribution in [3.05, 3.63) is 59.2 Å². The molecule has 0 aliphatic carbocycles. The van der Waals surface area contributed by atoms with Gasteiger partial charge in [0.2, 0.25) is 15.9 Å². The van der Waals surface area contributed by atoms with Crippen molar-refractivity contribution in [2.45, 2.75) is 20.4 Å². The van der Waals surface area contributed by atoms with Gasteiger partial charge in [0.25, 0.3) is 0 Å². The quantitative estimate of drug-likeness (QED) is 0.805. The van der Waals surface area contributed by atoms with Crippen LogP contribution in [0.1, 0.15) is 16.7 Å². The molecule has 0 aliphatic rings. The Hall–Kier alpha value is -2.54. The zero-order valence-corrected chi connectivity index (χ0v) is 16.3. The highest BCUT2D eigenvalue weighted by Gasteiger charge is 2.22. The maximum absolute atomic E-state index is 12.4. The number of para-hydroxylation sites is 1. The van der Waals surface area contributed by atoms with Crippen LogP contribution in [-0.2, 0) is 21.4 Å². The van der Waals surface area contributed by atoms with Crippen LogP contribution in [0.5, 0.6) is 5.75 Å². The summed E-state index contributed by atoms with van der Waals surface area (Å²) in [6, 6.07) is 12.8. The van der Waals surface area contributed by atoms with Crippen LogP contribution in [0.4, 0.5) is 5.69 Å². The van der Waals surface area contributed by atoms with Gasteiger partial charge in [-0.3, -0.25) is 9.10 Å². The lowest BCUT2D eigenvalue weighted by atomic mass is 10.1. The lowest BCUT2D eigenvalue weighted by molar-refractivity contribution is -0.119. The van der Waals surface area contributed by atoms with E-state index >= 15 is 0 Å². The SMILES string of the molecule is COc1ccccc1CNC(=O)CN(c1ccc(C)cc1C)S(C)(=O)=O. The van der Waals surface area contributed by atoms with E-state index in [0.717, 1.165) is 27.3 Å². The summed E-state index contributed by atoms with van der Waals surface area (Å²) in [5.41, 5.74) is 3.15. The highest BCUT2D eigenvalue weighted by molar-refractivity contribution is 7.92. The van der Waals surface area contributed by atoms with Crippen LogP contribution in [0.2, 0.25) is 0 Å². The Balaban J connectivity index is 2.15. The van der Waals surface area contributed by atoms with Gasteiger partial charge >= 0.3 is 0 Å². The van der Waals surface area contributed by atoms with Crippen LogP contribution in [0, 0.1) is 13.8 Å². The zero-order chi connectivity index (χ0) is 19.3. The molecule has 0 aromatic heterocycles. The Morgan fingerprint density at radius 1 is 1.15 bits per heavy atom. The molecule has 2 rings (SSSR count). The van der Waals surface area contributed by atoms with E-state index in [9.17, 15) is 13.2 Å². The van der Waals surface area contributed by atoms with Crippen LogP contribution in [-0.4, -0.2) is 34.2 Å². The van der Waals surface area contributed by atoms with Gasteiger partial charge in [0.1, 0.15) is 12.3 Å². The molecule has 0 fully saturated rings. The lowest BCUT2D eigenvalue weighted by Gasteiger charge is -2.24. The summed E-state index contributed by atoms with van der Waals surface area (Å²) in [5, 5.41) is 2.75. The summed E-state index contributed by atoms with van der Waals surface area (Å²) in [4.78, 5) is 12.4. The van der Waals surface area contributed by atoms with E-state index in [1.165, 1.54) is 0 Å². The van der Waals surface area contributed by atoms with E-state index < -0.39 is 10.0 Å². The van der Waals surface area contributed by atoms with Gasteiger partial charge in [-0.15, -0.1) is 0 Å². The fourth-order valence-corrected chi connectivity index (χ4v) is 3.61. The molecule has 6 nitrogen and oxygen atoms in total. The van der Waals surface area contributed by atoms with E-state index in [4.69, 9.17) is 4.74 Å². The van der Waals surface area contributed by atoms with Crippen molar-refractivity contribution in [3.63, 3.8) is 0 Å². The summed E-state index contributed by atoms with van der Waals surface area (Å²) in [6.07, 6.45) is 1.10. The second-order valence-electron chi connectivity index (χ2n) is 6.15. The predicted molar refractivity (Wildman–Crippen MR) is 103 cm³/mol. The molecule has 26 heavy (non-hydrogen) atoms. The number of methoxy groups -OCH3 is 1. The molecule has 0 saturated heterocycles. The standard InChI is InChI=1S/C19H24N2O4S/c1-14-9-10-17(15(2)11-14)21(26(4,23)24)13-19(22)20-12-16-7-5-6-8-18(16)25-3/h5-11H,12-13H2,1-4H3,(H,20,22). The number of amides is 1. The third-order valence-corrected chi connectivity index (χ3v) is 5.10. The molecule has 0 aliphatic heterocycles. The molecule has 0 bridgehead atoms. The van der Waals surface area contributed by atoms with Gasteiger partial charge in [-0.05, 0) is 31.5 Å². The molecule has 0 atom stereocenters. The van der Waals surface area contributed by atoms with Crippen molar-refractivity contribution in [1.29, 1.82) is 0 Å². The number of benzene rings is 2. The minimum Gasteiger partial charge on any atom is -0.496 e. The zero-order valence-electron chi connectivity index (χ0n) is 15.4. The number of ether oxygens (including phenoxy) is 1. The van der Waals surface area contributed by atoms with Gasteiger partial charge in [-0.25, -0.2) is 8.42 Å². The second kappa shape index (κ2) is 8.23. The highest BCUT2D eigenvalue weighted by Crippen LogP contribution is 2.23. The van der Waals surface area contributed by atoms with Crippen molar-refractivity contribution >= 4 is 21.6 Å². The van der Waals surface area contributed by atoms with Crippen molar-refractivity contribution in [3.8, 4) is 5.75 Å². The van der Waals surface area contributed by atoms with E-state index in [2.05, 4.69) is 5.32 Å². The third-order valence-electron chi connectivity index (χ3n) is 3.98. The molecular weight excluding hydrogens is 352 g/mol. The number of anilines is 1. The number of nitrogens with one attached hydrogen (secondary N) is 1. The summed E-state index contributed by atoms with van der Waals surface area (Å²) in [6.45, 7) is 3.74. The first-order valence-electron chi connectivity index (χ1n) is 8.16. The number of rotatable bonds is 7. The molecule has 0 heterocycles. The van der Waals surface area contributed by atoms with E-state index in [1.807, 2.05) is 44.2 Å². The minimum absolute atomic E-state index is 0.257. The number of hydrogen-bond acceptors (Lipinski definition) is 4. The lowest BCUT2D eigenvalue weighted by Crippen LogP contribution is -2.40.